The number of aromatic nitrogens is 1. The molecule has 3 aromatic carbocycles. The molecule has 0 bridgehead atoms. The Balaban J connectivity index is 1.43. The lowest BCUT2D eigenvalue weighted by atomic mass is 10.1. The van der Waals surface area contributed by atoms with E-state index >= 15 is 0 Å². The third-order valence-electron chi connectivity index (χ3n) is 6.61. The normalized spacial score (nSPS) is 16.3. The van der Waals surface area contributed by atoms with Gasteiger partial charge in [-0.25, -0.2) is 4.99 Å². The van der Waals surface area contributed by atoms with E-state index in [-0.39, 0.29) is 17.7 Å². The second-order valence-electron chi connectivity index (χ2n) is 9.37. The number of thioether (sulfide) groups is 1. The number of hydrogen-bond acceptors (Lipinski definition) is 6. The van der Waals surface area contributed by atoms with Gasteiger partial charge in [0.1, 0.15) is 5.75 Å². The quantitative estimate of drug-likeness (QED) is 0.117. The summed E-state index contributed by atoms with van der Waals surface area (Å²) in [6, 6.07) is 19.8. The van der Waals surface area contributed by atoms with E-state index < -0.39 is 4.92 Å². The van der Waals surface area contributed by atoms with Crippen LogP contribution >= 0.6 is 27.7 Å². The summed E-state index contributed by atoms with van der Waals surface area (Å²) < 4.78 is 6.76. The van der Waals surface area contributed by atoms with E-state index in [0.717, 1.165) is 38.7 Å². The molecule has 0 unspecified atom stereocenters. The van der Waals surface area contributed by atoms with Crippen LogP contribution in [0.5, 0.6) is 5.75 Å². The van der Waals surface area contributed by atoms with Crippen LogP contribution < -0.4 is 4.74 Å². The second kappa shape index (κ2) is 12.1. The van der Waals surface area contributed by atoms with Crippen LogP contribution in [0.1, 0.15) is 31.4 Å². The van der Waals surface area contributed by atoms with Gasteiger partial charge in [0.25, 0.3) is 11.6 Å². The van der Waals surface area contributed by atoms with Crippen molar-refractivity contribution in [3.8, 4) is 5.75 Å². The van der Waals surface area contributed by atoms with Crippen LogP contribution in [0.25, 0.3) is 17.0 Å². The number of halogens is 1. The van der Waals surface area contributed by atoms with Crippen LogP contribution in [-0.2, 0) is 11.2 Å². The first-order valence-corrected chi connectivity index (χ1v) is 14.5. The summed E-state index contributed by atoms with van der Waals surface area (Å²) >= 11 is 4.88. The highest BCUT2D eigenvalue weighted by molar-refractivity contribution is 9.10. The number of hydrogen-bond donors (Lipinski definition) is 1. The summed E-state index contributed by atoms with van der Waals surface area (Å²) in [5.74, 6) is 0.615. The van der Waals surface area contributed by atoms with E-state index in [0.29, 0.717) is 28.7 Å². The molecule has 1 aliphatic rings. The number of aromatic amines is 1. The predicted octanol–water partition coefficient (Wildman–Crippen LogP) is 7.86. The number of carbonyl (C=O) groups is 1. The molecule has 8 nitrogen and oxygen atoms in total. The molecule has 1 atom stereocenters. The van der Waals surface area contributed by atoms with E-state index in [4.69, 9.17) is 9.73 Å². The van der Waals surface area contributed by atoms with Gasteiger partial charge < -0.3 is 9.72 Å². The number of amides is 1. The van der Waals surface area contributed by atoms with Crippen LogP contribution in [0, 0.1) is 10.1 Å². The zero-order chi connectivity index (χ0) is 28.2. The van der Waals surface area contributed by atoms with Gasteiger partial charge in [0, 0.05) is 35.8 Å². The topological polar surface area (TPSA) is 101 Å². The standard InChI is InChI=1S/C30H27BrN4O4S/c1-3-19(2)39-27-13-8-20(16-25(27)31)17-28-29(36)34(15-14-21-18-32-26-7-5-4-6-24(21)26)30(40-28)33-22-9-11-23(12-10-22)35(37)38/h4-13,16-19,32H,3,14-15H2,1-2H3/b28-17-,33-30?/t19-/m0/s1. The number of para-hydroxylation sites is 1. The maximum absolute atomic E-state index is 13.6. The van der Waals surface area contributed by atoms with Crippen molar-refractivity contribution in [3.05, 3.63) is 104 Å². The molecule has 0 spiro atoms. The number of amidine groups is 1. The minimum absolute atomic E-state index is 0.0118. The Hall–Kier alpha value is -3.89. The summed E-state index contributed by atoms with van der Waals surface area (Å²) in [4.78, 5) is 34.5. The molecule has 1 saturated heterocycles. The summed E-state index contributed by atoms with van der Waals surface area (Å²) in [6.45, 7) is 4.52. The zero-order valence-corrected chi connectivity index (χ0v) is 24.4. The molecule has 1 fully saturated rings. The van der Waals surface area contributed by atoms with E-state index in [9.17, 15) is 14.9 Å². The molecule has 4 aromatic rings. The first-order chi connectivity index (χ1) is 19.3. The highest BCUT2D eigenvalue weighted by atomic mass is 79.9. The fourth-order valence-corrected chi connectivity index (χ4v) is 5.79. The number of fused-ring (bicyclic) bond motifs is 1. The van der Waals surface area contributed by atoms with Crippen molar-refractivity contribution in [2.24, 2.45) is 4.99 Å². The van der Waals surface area contributed by atoms with Crippen LogP contribution in [0.4, 0.5) is 11.4 Å². The van der Waals surface area contributed by atoms with Gasteiger partial charge in [0.15, 0.2) is 5.17 Å². The molecule has 0 aliphatic carbocycles. The van der Waals surface area contributed by atoms with Gasteiger partial charge in [0.05, 0.1) is 26.1 Å². The maximum Gasteiger partial charge on any atom is 0.269 e. The van der Waals surface area contributed by atoms with Crippen molar-refractivity contribution in [2.45, 2.75) is 32.8 Å². The largest absolute Gasteiger partial charge is 0.490 e. The molecule has 0 radical (unpaired) electrons. The number of nitrogens with one attached hydrogen (secondary N) is 1. The highest BCUT2D eigenvalue weighted by Gasteiger charge is 2.33. The Morgan fingerprint density at radius 2 is 1.95 bits per heavy atom. The number of nitrogens with zero attached hydrogens (tertiary/aromatic N) is 3. The number of benzene rings is 3. The highest BCUT2D eigenvalue weighted by Crippen LogP contribution is 2.36. The van der Waals surface area contributed by atoms with Crippen molar-refractivity contribution in [1.29, 1.82) is 0 Å². The lowest BCUT2D eigenvalue weighted by Crippen LogP contribution is -2.31. The summed E-state index contributed by atoms with van der Waals surface area (Å²) in [6.07, 6.45) is 5.45. The molecule has 204 valence electrons. The number of carbonyl (C=O) groups excluding carboxylic acids is 1. The third-order valence-corrected chi connectivity index (χ3v) is 8.24. The third kappa shape index (κ3) is 6.13. The average Bonchev–Trinajstić information content (AvgIpc) is 3.49. The Morgan fingerprint density at radius 1 is 1.18 bits per heavy atom. The van der Waals surface area contributed by atoms with Crippen molar-refractivity contribution in [2.75, 3.05) is 6.54 Å². The number of nitro benzene ring substituents is 1. The number of nitro groups is 1. The van der Waals surface area contributed by atoms with E-state index in [1.807, 2.05) is 55.6 Å². The average molecular weight is 620 g/mol. The van der Waals surface area contributed by atoms with Crippen molar-refractivity contribution < 1.29 is 14.5 Å². The Labute approximate surface area is 244 Å². The minimum atomic E-state index is -0.448. The first kappa shape index (κ1) is 27.7. The molecule has 40 heavy (non-hydrogen) atoms. The minimum Gasteiger partial charge on any atom is -0.490 e. The number of ether oxygens (including phenoxy) is 1. The molecule has 1 N–H and O–H groups in total. The number of H-pyrrole nitrogens is 1. The molecular formula is C30H27BrN4O4S. The van der Waals surface area contributed by atoms with Gasteiger partial charge in [-0.05, 0) is 95.0 Å². The molecular weight excluding hydrogens is 592 g/mol. The smallest absolute Gasteiger partial charge is 0.269 e. The summed E-state index contributed by atoms with van der Waals surface area (Å²) in [7, 11) is 0. The SMILES string of the molecule is CC[C@H](C)Oc1ccc(/C=C2\SC(=Nc3ccc([N+](=O)[O-])cc3)N(CCc3c[nH]c4ccccc34)C2=O)cc1Br. The van der Waals surface area contributed by atoms with Crippen LogP contribution in [-0.4, -0.2) is 38.5 Å². The van der Waals surface area contributed by atoms with Gasteiger partial charge in [0.2, 0.25) is 0 Å². The lowest BCUT2D eigenvalue weighted by molar-refractivity contribution is -0.384. The van der Waals surface area contributed by atoms with Gasteiger partial charge in [-0.1, -0.05) is 31.2 Å². The molecule has 10 heteroatoms. The lowest BCUT2D eigenvalue weighted by Gasteiger charge is -2.15. The predicted molar refractivity (Wildman–Crippen MR) is 164 cm³/mol. The van der Waals surface area contributed by atoms with Gasteiger partial charge in [-0.15, -0.1) is 0 Å². The van der Waals surface area contributed by atoms with E-state index in [1.54, 1.807) is 17.0 Å². The van der Waals surface area contributed by atoms with Gasteiger partial charge in [-0.2, -0.15) is 0 Å². The Kier molecular flexibility index (Phi) is 8.37. The van der Waals surface area contributed by atoms with Crippen LogP contribution in [0.3, 0.4) is 0 Å². The molecule has 1 aliphatic heterocycles. The Bertz CT molecular complexity index is 1630. The van der Waals surface area contributed by atoms with Gasteiger partial charge in [-0.3, -0.25) is 19.8 Å². The van der Waals surface area contributed by atoms with E-state index in [2.05, 4.69) is 33.9 Å². The number of rotatable bonds is 9. The molecule has 1 aromatic heterocycles. The first-order valence-electron chi connectivity index (χ1n) is 12.9. The molecule has 2 heterocycles. The van der Waals surface area contributed by atoms with Crippen molar-refractivity contribution in [1.82, 2.24) is 9.88 Å². The Morgan fingerprint density at radius 3 is 2.67 bits per heavy atom. The summed E-state index contributed by atoms with van der Waals surface area (Å²) in [5, 5.41) is 12.7. The molecule has 5 rings (SSSR count). The molecule has 0 saturated carbocycles. The van der Waals surface area contributed by atoms with Crippen LogP contribution in [0.2, 0.25) is 0 Å². The fourth-order valence-electron chi connectivity index (χ4n) is 4.27. The number of aliphatic imine (C=N–C) groups is 1. The van der Waals surface area contributed by atoms with Crippen molar-refractivity contribution in [3.63, 3.8) is 0 Å². The fraction of sp³-hybridized carbons (Fsp3) is 0.200. The second-order valence-corrected chi connectivity index (χ2v) is 11.2. The summed E-state index contributed by atoms with van der Waals surface area (Å²) in [5.41, 5.74) is 3.54. The van der Waals surface area contributed by atoms with Gasteiger partial charge >= 0.3 is 0 Å². The zero-order valence-electron chi connectivity index (χ0n) is 22.0. The maximum atomic E-state index is 13.6. The van der Waals surface area contributed by atoms with E-state index in [1.165, 1.54) is 23.9 Å². The van der Waals surface area contributed by atoms with Crippen LogP contribution in [0.15, 0.2) is 87.3 Å². The monoisotopic (exact) mass is 618 g/mol. The van der Waals surface area contributed by atoms with Crippen molar-refractivity contribution >= 4 is 67.1 Å². The molecule has 1 amide bonds. The number of non-ortho nitro benzene ring substituents is 1.